The second kappa shape index (κ2) is 3.85. The molecular weight excluding hydrogens is 192 g/mol. The Kier molecular flexibility index (Phi) is 2.10. The molecule has 78 valence electrons. The molecule has 2 heteroatoms. The normalized spacial score (nSPS) is 38.6. The van der Waals surface area contributed by atoms with Crippen molar-refractivity contribution in [1.29, 1.82) is 1.12 Å². The van der Waals surface area contributed by atoms with Crippen molar-refractivity contribution in [2.45, 2.75) is 31.6 Å². The number of aryl methyl sites for hydroxylation is 2. The zero-order valence-corrected chi connectivity index (χ0v) is 9.53. The zero-order valence-electron chi connectivity index (χ0n) is 10.7. The number of phenolic OH excluding ortho intramolecular Hbond substituents is 1. The molecule has 1 aromatic rings. The molecule has 0 aliphatic carbocycles. The van der Waals surface area contributed by atoms with Gasteiger partial charge in [-0.15, -0.1) is 0 Å². The molecule has 2 unspecified atom stereocenters. The van der Waals surface area contributed by atoms with E-state index in [2.05, 4.69) is 0 Å². The number of hydrogen-bond acceptors (Lipinski definition) is 1. The Morgan fingerprint density at radius 1 is 1.36 bits per heavy atom. The third kappa shape index (κ3) is 1.76. The molecule has 0 saturated carbocycles. The van der Waals surface area contributed by atoms with Crippen molar-refractivity contribution in [3.8, 4) is 5.75 Å². The van der Waals surface area contributed by atoms with Crippen LogP contribution >= 0.6 is 10.8 Å². The Morgan fingerprint density at radius 3 is 2.50 bits per heavy atom. The first-order chi connectivity index (χ1) is 7.45. The Balaban J connectivity index is 2.48. The second-order valence-corrected chi connectivity index (χ2v) is 5.92. The lowest BCUT2D eigenvalue weighted by molar-refractivity contribution is 0.466. The van der Waals surface area contributed by atoms with Crippen molar-refractivity contribution in [2.75, 3.05) is 11.5 Å². The molecule has 14 heavy (non-hydrogen) atoms. The number of hydrogen-bond donors (Lipinski definition) is 2. The van der Waals surface area contributed by atoms with Crippen LogP contribution in [0.3, 0.4) is 0 Å². The fourth-order valence-electron chi connectivity index (χ4n) is 1.83. The van der Waals surface area contributed by atoms with Gasteiger partial charge in [-0.3, -0.25) is 0 Å². The van der Waals surface area contributed by atoms with Gasteiger partial charge in [0.05, 0.1) is 1.12 Å². The minimum Gasteiger partial charge on any atom is -0.507 e. The van der Waals surface area contributed by atoms with Crippen LogP contribution in [0.5, 0.6) is 5.75 Å². The fourth-order valence-corrected chi connectivity index (χ4v) is 4.01. The number of benzene rings is 1. The van der Waals surface area contributed by atoms with Gasteiger partial charge < -0.3 is 5.11 Å². The lowest BCUT2D eigenvalue weighted by Gasteiger charge is -2.16. The van der Waals surface area contributed by atoms with Crippen LogP contribution in [0.25, 0.3) is 0 Å². The first kappa shape index (κ1) is 7.63. The summed E-state index contributed by atoms with van der Waals surface area (Å²) in [6.07, 6.45) is 1.84. The van der Waals surface area contributed by atoms with Gasteiger partial charge in [-0.25, -0.2) is 10.8 Å². The van der Waals surface area contributed by atoms with Gasteiger partial charge in [0.25, 0.3) is 0 Å². The van der Waals surface area contributed by atoms with Crippen molar-refractivity contribution >= 4 is 10.8 Å². The minimum atomic E-state index is -1.72. The largest absolute Gasteiger partial charge is 0.507 e. The fraction of sp³-hybridized carbons (Fsp3) is 0.500. The molecule has 0 radical (unpaired) electrons. The molecule has 1 aliphatic heterocycles. The maximum absolute atomic E-state index is 9.72. The van der Waals surface area contributed by atoms with Crippen LogP contribution in [0.4, 0.5) is 0 Å². The van der Waals surface area contributed by atoms with Crippen LogP contribution < -0.4 is 0 Å². The van der Waals surface area contributed by atoms with Crippen LogP contribution in [0.15, 0.2) is 17.0 Å². The summed E-state index contributed by atoms with van der Waals surface area (Å²) in [5, 5.41) is 9.72. The van der Waals surface area contributed by atoms with E-state index in [-0.39, 0.29) is 5.73 Å². The van der Waals surface area contributed by atoms with Crippen LogP contribution in [0.1, 0.15) is 25.3 Å². The molecule has 1 heterocycles. The maximum atomic E-state index is 9.72. The lowest BCUT2D eigenvalue weighted by atomic mass is 10.1. The van der Waals surface area contributed by atoms with E-state index >= 15 is 0 Å². The van der Waals surface area contributed by atoms with Crippen molar-refractivity contribution in [2.24, 2.45) is 0 Å². The highest BCUT2D eigenvalue weighted by Crippen LogP contribution is 2.44. The van der Waals surface area contributed by atoms with E-state index in [0.717, 1.165) is 34.6 Å². The Labute approximate surface area is 91.0 Å². The van der Waals surface area contributed by atoms with Gasteiger partial charge >= 0.3 is 0 Å². The van der Waals surface area contributed by atoms with E-state index in [4.69, 9.17) is 2.49 Å². The van der Waals surface area contributed by atoms with Gasteiger partial charge in [0.15, 0.2) is 0 Å². The number of phenols is 1. The van der Waals surface area contributed by atoms with E-state index < -0.39 is 10.8 Å². The SMILES string of the molecule is [2H]C1CCCS1([2H])c1cc(C)c(O)c(C)c1. The smallest absolute Gasteiger partial charge is 0.121 e. The molecule has 2 rings (SSSR count). The van der Waals surface area contributed by atoms with E-state index in [9.17, 15) is 5.11 Å². The van der Waals surface area contributed by atoms with E-state index in [1.807, 2.05) is 26.0 Å². The lowest BCUT2D eigenvalue weighted by Crippen LogP contribution is -1.88. The van der Waals surface area contributed by atoms with Gasteiger partial charge in [0.2, 0.25) is 0 Å². The molecule has 1 aliphatic rings. The van der Waals surface area contributed by atoms with Gasteiger partial charge in [-0.05, 0) is 66.3 Å². The zero-order chi connectivity index (χ0) is 11.9. The van der Waals surface area contributed by atoms with Crippen LogP contribution in [0.2, 0.25) is 0 Å². The van der Waals surface area contributed by atoms with E-state index in [1.165, 1.54) is 0 Å². The topological polar surface area (TPSA) is 20.2 Å². The van der Waals surface area contributed by atoms with Gasteiger partial charge in [-0.2, -0.15) is 0 Å². The first-order valence-corrected chi connectivity index (χ1v) is 6.47. The van der Waals surface area contributed by atoms with Crippen molar-refractivity contribution < 1.29 is 6.48 Å². The van der Waals surface area contributed by atoms with Crippen LogP contribution in [-0.2, 0) is 0 Å². The van der Waals surface area contributed by atoms with Gasteiger partial charge in [0.1, 0.15) is 5.75 Å². The van der Waals surface area contributed by atoms with Crippen molar-refractivity contribution in [3.05, 3.63) is 23.3 Å². The number of rotatable bonds is 1. The molecule has 1 nitrogen and oxygen atoms in total. The van der Waals surface area contributed by atoms with Crippen molar-refractivity contribution in [3.63, 3.8) is 0 Å². The standard InChI is InChI=1S/C12H18OS/c1-9-7-11(8-10(2)12(9)13)14-5-3-4-6-14/h7-8,13-14H,3-6H2,1-2H3/i5D,14D. The summed E-state index contributed by atoms with van der Waals surface area (Å²) in [4.78, 5) is 0.970. The maximum Gasteiger partial charge on any atom is 0.121 e. The molecule has 0 aromatic heterocycles. The summed E-state index contributed by atoms with van der Waals surface area (Å²) in [5.74, 6) is 1.16. The molecular formula is C12H18OS. The molecule has 1 fully saturated rings. The molecule has 0 bridgehead atoms. The average Bonchev–Trinajstić information content (AvgIpc) is 2.56. The Morgan fingerprint density at radius 2 is 2.00 bits per heavy atom. The monoisotopic (exact) mass is 212 g/mol. The van der Waals surface area contributed by atoms with Gasteiger partial charge in [0, 0.05) is 1.37 Å². The highest BCUT2D eigenvalue weighted by atomic mass is 32.2. The van der Waals surface area contributed by atoms with Crippen molar-refractivity contribution in [1.82, 2.24) is 0 Å². The predicted molar refractivity (Wildman–Crippen MR) is 63.8 cm³/mol. The molecule has 1 saturated heterocycles. The quantitative estimate of drug-likeness (QED) is 0.685. The molecule has 1 N–H and O–H groups in total. The third-order valence-corrected chi connectivity index (χ3v) is 4.86. The average molecular weight is 212 g/mol. The number of aromatic hydroxyl groups is 1. The molecule has 1 aromatic carbocycles. The number of thiol groups is 1. The summed E-state index contributed by atoms with van der Waals surface area (Å²) < 4.78 is 16.5. The first-order valence-electron chi connectivity index (χ1n) is 6.00. The highest BCUT2D eigenvalue weighted by Gasteiger charge is 2.14. The van der Waals surface area contributed by atoms with E-state index in [0.29, 0.717) is 5.75 Å². The summed E-state index contributed by atoms with van der Waals surface area (Å²) in [7, 11) is -1.72. The summed E-state index contributed by atoms with van der Waals surface area (Å²) >= 11 is 0. The molecule has 0 amide bonds. The van der Waals surface area contributed by atoms with Crippen LogP contribution in [-0.4, -0.2) is 17.7 Å². The summed E-state index contributed by atoms with van der Waals surface area (Å²) in [5.41, 5.74) is 1.40. The second-order valence-electron chi connectivity index (χ2n) is 3.85. The van der Waals surface area contributed by atoms with Crippen LogP contribution in [0, 0.1) is 13.8 Å². The summed E-state index contributed by atoms with van der Waals surface area (Å²) in [6.45, 7) is 3.73. The van der Waals surface area contributed by atoms with E-state index in [1.54, 1.807) is 0 Å². The van der Waals surface area contributed by atoms with Gasteiger partial charge in [-0.1, -0.05) is 0 Å². The molecule has 2 atom stereocenters. The Hall–Kier alpha value is -0.630. The highest BCUT2D eigenvalue weighted by molar-refractivity contribution is 8.17. The third-order valence-electron chi connectivity index (χ3n) is 2.65. The Bertz CT molecular complexity index is 398. The molecule has 0 spiro atoms. The predicted octanol–water partition coefficient (Wildman–Crippen LogP) is 3.16. The summed E-state index contributed by atoms with van der Waals surface area (Å²) in [6, 6.07) is 3.80. The minimum absolute atomic E-state index is 0.254.